The van der Waals surface area contributed by atoms with E-state index in [1.54, 1.807) is 23.1 Å². The number of hydrogen-bond donors (Lipinski definition) is 2. The SMILES string of the molecule is COc1cccc(OC)c1C(=O)Nc1sc2c(c1C(N)=O)CCN(C(C)=O)C2. The number of nitrogens with two attached hydrogens (primary N) is 1. The van der Waals surface area contributed by atoms with E-state index in [-0.39, 0.29) is 11.5 Å². The summed E-state index contributed by atoms with van der Waals surface area (Å²) in [5.74, 6) is -0.429. The van der Waals surface area contributed by atoms with Crippen LogP contribution in [0.5, 0.6) is 11.5 Å². The average Bonchev–Trinajstić information content (AvgIpc) is 3.03. The number of carbonyl (C=O) groups is 3. The van der Waals surface area contributed by atoms with Gasteiger partial charge in [0.05, 0.1) is 26.3 Å². The van der Waals surface area contributed by atoms with Crippen molar-refractivity contribution < 1.29 is 23.9 Å². The first-order valence-electron chi connectivity index (χ1n) is 8.59. The van der Waals surface area contributed by atoms with Gasteiger partial charge in [0, 0.05) is 18.3 Å². The molecule has 0 saturated heterocycles. The van der Waals surface area contributed by atoms with Gasteiger partial charge in [0.2, 0.25) is 5.91 Å². The minimum atomic E-state index is -0.615. The fourth-order valence-corrected chi connectivity index (χ4v) is 4.53. The molecule has 0 spiro atoms. The number of hydrogen-bond acceptors (Lipinski definition) is 6. The molecule has 0 fully saturated rings. The van der Waals surface area contributed by atoms with E-state index in [1.807, 2.05) is 0 Å². The van der Waals surface area contributed by atoms with Crippen LogP contribution in [0.25, 0.3) is 0 Å². The van der Waals surface area contributed by atoms with Gasteiger partial charge in [-0.15, -0.1) is 11.3 Å². The molecule has 0 saturated carbocycles. The minimum Gasteiger partial charge on any atom is -0.496 e. The zero-order valence-electron chi connectivity index (χ0n) is 15.8. The summed E-state index contributed by atoms with van der Waals surface area (Å²) in [6, 6.07) is 5.01. The first-order chi connectivity index (χ1) is 13.4. The summed E-state index contributed by atoms with van der Waals surface area (Å²) in [4.78, 5) is 39.3. The van der Waals surface area contributed by atoms with Gasteiger partial charge in [-0.05, 0) is 24.1 Å². The third-order valence-corrected chi connectivity index (χ3v) is 5.76. The molecule has 2 heterocycles. The van der Waals surface area contributed by atoms with Crippen molar-refractivity contribution in [1.82, 2.24) is 4.90 Å². The summed E-state index contributed by atoms with van der Waals surface area (Å²) in [6.45, 7) is 2.40. The number of amides is 3. The van der Waals surface area contributed by atoms with Crippen LogP contribution < -0.4 is 20.5 Å². The van der Waals surface area contributed by atoms with Gasteiger partial charge in [0.25, 0.3) is 11.8 Å². The lowest BCUT2D eigenvalue weighted by atomic mass is 10.0. The molecular formula is C19H21N3O5S. The second-order valence-corrected chi connectivity index (χ2v) is 7.36. The van der Waals surface area contributed by atoms with Gasteiger partial charge in [0.1, 0.15) is 22.1 Å². The molecule has 28 heavy (non-hydrogen) atoms. The molecule has 1 aliphatic heterocycles. The van der Waals surface area contributed by atoms with Crippen molar-refractivity contribution in [2.75, 3.05) is 26.1 Å². The minimum absolute atomic E-state index is 0.0379. The van der Waals surface area contributed by atoms with Gasteiger partial charge < -0.3 is 25.4 Å². The Bertz CT molecular complexity index is 931. The highest BCUT2D eigenvalue weighted by atomic mass is 32.1. The van der Waals surface area contributed by atoms with Gasteiger partial charge in [-0.3, -0.25) is 14.4 Å². The molecule has 0 bridgehead atoms. The third kappa shape index (κ3) is 3.53. The Hall–Kier alpha value is -3.07. The first kappa shape index (κ1) is 19.7. The van der Waals surface area contributed by atoms with Crippen molar-refractivity contribution in [3.8, 4) is 11.5 Å². The molecule has 0 radical (unpaired) electrons. The second kappa shape index (κ2) is 7.89. The molecule has 148 valence electrons. The van der Waals surface area contributed by atoms with Gasteiger partial charge >= 0.3 is 0 Å². The highest BCUT2D eigenvalue weighted by Crippen LogP contribution is 2.38. The number of nitrogens with one attached hydrogen (secondary N) is 1. The topological polar surface area (TPSA) is 111 Å². The number of nitrogens with zero attached hydrogens (tertiary/aromatic N) is 1. The predicted octanol–water partition coefficient (Wildman–Crippen LogP) is 2.02. The van der Waals surface area contributed by atoms with Crippen LogP contribution in [0.4, 0.5) is 5.00 Å². The Morgan fingerprint density at radius 2 is 1.79 bits per heavy atom. The lowest BCUT2D eigenvalue weighted by Gasteiger charge is -2.25. The van der Waals surface area contributed by atoms with Crippen LogP contribution in [0.2, 0.25) is 0 Å². The molecule has 8 nitrogen and oxygen atoms in total. The molecule has 3 amide bonds. The monoisotopic (exact) mass is 403 g/mol. The normalized spacial score (nSPS) is 12.9. The Balaban J connectivity index is 1.99. The number of carbonyl (C=O) groups excluding carboxylic acids is 3. The third-order valence-electron chi connectivity index (χ3n) is 4.63. The second-order valence-electron chi connectivity index (χ2n) is 6.25. The standard InChI is InChI=1S/C19H21N3O5S/c1-10(23)22-8-7-11-14(9-22)28-19(15(11)17(20)24)21-18(25)16-12(26-2)5-4-6-13(16)27-3/h4-6H,7-9H2,1-3H3,(H2,20,24)(H,21,25). The van der Waals surface area contributed by atoms with E-state index < -0.39 is 11.8 Å². The molecule has 2 aromatic rings. The maximum absolute atomic E-state index is 13.0. The average molecular weight is 403 g/mol. The Morgan fingerprint density at radius 1 is 1.14 bits per heavy atom. The van der Waals surface area contributed by atoms with E-state index in [9.17, 15) is 14.4 Å². The van der Waals surface area contributed by atoms with Crippen LogP contribution >= 0.6 is 11.3 Å². The highest BCUT2D eigenvalue weighted by Gasteiger charge is 2.29. The van der Waals surface area contributed by atoms with Crippen LogP contribution in [0.15, 0.2) is 18.2 Å². The number of anilines is 1. The summed E-state index contributed by atoms with van der Waals surface area (Å²) < 4.78 is 10.5. The summed E-state index contributed by atoms with van der Waals surface area (Å²) in [5.41, 5.74) is 6.90. The van der Waals surface area contributed by atoms with Crippen LogP contribution in [0.1, 0.15) is 38.1 Å². The number of fused-ring (bicyclic) bond motifs is 1. The molecule has 1 aromatic carbocycles. The lowest BCUT2D eigenvalue weighted by Crippen LogP contribution is -2.34. The summed E-state index contributed by atoms with van der Waals surface area (Å²) in [5, 5.41) is 3.14. The Labute approximate surface area is 166 Å². The number of rotatable bonds is 5. The van der Waals surface area contributed by atoms with E-state index in [0.29, 0.717) is 41.6 Å². The molecule has 9 heteroatoms. The largest absolute Gasteiger partial charge is 0.496 e. The van der Waals surface area contributed by atoms with E-state index >= 15 is 0 Å². The maximum Gasteiger partial charge on any atom is 0.263 e. The highest BCUT2D eigenvalue weighted by molar-refractivity contribution is 7.17. The van der Waals surface area contributed by atoms with E-state index in [4.69, 9.17) is 15.2 Å². The van der Waals surface area contributed by atoms with Crippen molar-refractivity contribution in [3.63, 3.8) is 0 Å². The molecule has 0 unspecified atom stereocenters. The summed E-state index contributed by atoms with van der Waals surface area (Å²) in [6.07, 6.45) is 0.511. The predicted molar refractivity (Wildman–Crippen MR) is 105 cm³/mol. The fraction of sp³-hybridized carbons (Fsp3) is 0.316. The van der Waals surface area contributed by atoms with Crippen molar-refractivity contribution >= 4 is 34.1 Å². The molecule has 3 rings (SSSR count). The van der Waals surface area contributed by atoms with Crippen molar-refractivity contribution in [3.05, 3.63) is 39.8 Å². The number of primary amides is 1. The fourth-order valence-electron chi connectivity index (χ4n) is 3.26. The van der Waals surface area contributed by atoms with Gasteiger partial charge in [0.15, 0.2) is 0 Å². The van der Waals surface area contributed by atoms with E-state index in [2.05, 4.69) is 5.32 Å². The lowest BCUT2D eigenvalue weighted by molar-refractivity contribution is -0.129. The van der Waals surface area contributed by atoms with Crippen molar-refractivity contribution in [2.24, 2.45) is 5.73 Å². The number of thiophene rings is 1. The van der Waals surface area contributed by atoms with Gasteiger partial charge in [-0.2, -0.15) is 0 Å². The Kier molecular flexibility index (Phi) is 5.55. The van der Waals surface area contributed by atoms with Gasteiger partial charge in [-0.25, -0.2) is 0 Å². The van der Waals surface area contributed by atoms with Crippen molar-refractivity contribution in [2.45, 2.75) is 19.9 Å². The van der Waals surface area contributed by atoms with Crippen LogP contribution in [0.3, 0.4) is 0 Å². The maximum atomic E-state index is 13.0. The molecule has 0 aliphatic carbocycles. The smallest absolute Gasteiger partial charge is 0.263 e. The molecule has 0 atom stereocenters. The Morgan fingerprint density at radius 3 is 2.32 bits per heavy atom. The van der Waals surface area contributed by atoms with Gasteiger partial charge in [-0.1, -0.05) is 6.07 Å². The summed E-state index contributed by atoms with van der Waals surface area (Å²) in [7, 11) is 2.92. The quantitative estimate of drug-likeness (QED) is 0.793. The number of methoxy groups -OCH3 is 2. The summed E-state index contributed by atoms with van der Waals surface area (Å²) >= 11 is 1.25. The van der Waals surface area contributed by atoms with E-state index in [0.717, 1.165) is 10.4 Å². The number of ether oxygens (including phenoxy) is 2. The van der Waals surface area contributed by atoms with Crippen LogP contribution in [-0.2, 0) is 17.8 Å². The van der Waals surface area contributed by atoms with Crippen molar-refractivity contribution in [1.29, 1.82) is 0 Å². The zero-order chi connectivity index (χ0) is 20.4. The molecule has 1 aromatic heterocycles. The number of benzene rings is 1. The molecule has 3 N–H and O–H groups in total. The zero-order valence-corrected chi connectivity index (χ0v) is 16.6. The van der Waals surface area contributed by atoms with Crippen LogP contribution in [0, 0.1) is 0 Å². The van der Waals surface area contributed by atoms with E-state index in [1.165, 1.54) is 32.5 Å². The van der Waals surface area contributed by atoms with Crippen LogP contribution in [-0.4, -0.2) is 43.4 Å². The molecule has 1 aliphatic rings. The first-order valence-corrected chi connectivity index (χ1v) is 9.41. The molecular weight excluding hydrogens is 382 g/mol.